The lowest BCUT2D eigenvalue weighted by Crippen LogP contribution is -2.03. The van der Waals surface area contributed by atoms with Gasteiger partial charge in [0.05, 0.1) is 16.8 Å². The fraction of sp³-hybridized carbons (Fsp3) is 0.500. The van der Waals surface area contributed by atoms with E-state index in [2.05, 4.69) is 47.9 Å². The molecule has 0 aliphatic heterocycles. The summed E-state index contributed by atoms with van der Waals surface area (Å²) in [5.74, 6) is 2.06. The summed E-state index contributed by atoms with van der Waals surface area (Å²) < 4.78 is 2.43. The highest BCUT2D eigenvalue weighted by Gasteiger charge is 2.10. The molecule has 2 aromatic carbocycles. The van der Waals surface area contributed by atoms with E-state index in [0.717, 1.165) is 22.8 Å². The molecule has 0 saturated heterocycles. The number of aromatic nitrogens is 2. The van der Waals surface area contributed by atoms with Crippen molar-refractivity contribution < 1.29 is 0 Å². The van der Waals surface area contributed by atoms with Crippen molar-refractivity contribution in [2.24, 2.45) is 0 Å². The molecule has 0 fully saturated rings. The van der Waals surface area contributed by atoms with Crippen molar-refractivity contribution in [1.82, 2.24) is 9.55 Å². The molecule has 3 aromatic rings. The number of hydrogen-bond donors (Lipinski definition) is 0. The topological polar surface area (TPSA) is 17.8 Å². The van der Waals surface area contributed by atoms with Gasteiger partial charge in [0, 0.05) is 16.5 Å². The van der Waals surface area contributed by atoms with Crippen molar-refractivity contribution >= 4 is 34.4 Å². The number of thioether (sulfide) groups is 1. The van der Waals surface area contributed by atoms with E-state index in [4.69, 9.17) is 16.6 Å². The minimum atomic E-state index is 0.785. The second-order valence-corrected chi connectivity index (χ2v) is 9.58. The predicted molar refractivity (Wildman–Crippen MR) is 133 cm³/mol. The van der Waals surface area contributed by atoms with Gasteiger partial charge in [-0.3, -0.25) is 0 Å². The Morgan fingerprint density at radius 2 is 1.43 bits per heavy atom. The van der Waals surface area contributed by atoms with E-state index in [1.807, 2.05) is 23.9 Å². The highest BCUT2D eigenvalue weighted by molar-refractivity contribution is 7.98. The Labute approximate surface area is 191 Å². The maximum absolute atomic E-state index is 6.01. The summed E-state index contributed by atoms with van der Waals surface area (Å²) in [6.45, 7) is 3.35. The lowest BCUT2D eigenvalue weighted by Gasteiger charge is -2.09. The predicted octanol–water partition coefficient (Wildman–Crippen LogP) is 8.90. The molecular weight excluding hydrogens is 408 g/mol. The summed E-state index contributed by atoms with van der Waals surface area (Å²) in [7, 11) is 0. The van der Waals surface area contributed by atoms with Gasteiger partial charge in [0.25, 0.3) is 0 Å². The number of benzene rings is 2. The van der Waals surface area contributed by atoms with Crippen molar-refractivity contribution in [3.8, 4) is 0 Å². The molecule has 0 unspecified atom stereocenters. The molecule has 162 valence electrons. The molecule has 30 heavy (non-hydrogen) atoms. The van der Waals surface area contributed by atoms with Crippen LogP contribution in [0, 0.1) is 0 Å². The molecule has 0 amide bonds. The molecule has 0 N–H and O–H groups in total. The first kappa shape index (κ1) is 23.2. The molecule has 0 atom stereocenters. The molecule has 0 aliphatic carbocycles. The standard InChI is InChI=1S/C26H35ClN2S/c1-2-3-4-5-6-7-8-9-10-13-20-29-25-15-12-11-14-24(25)28-26(29)21-30-23-18-16-22(27)17-19-23/h11-12,14-19H,2-10,13,20-21H2,1H3. The van der Waals surface area contributed by atoms with E-state index in [1.165, 1.54) is 80.4 Å². The van der Waals surface area contributed by atoms with Gasteiger partial charge < -0.3 is 4.57 Å². The van der Waals surface area contributed by atoms with Crippen molar-refractivity contribution in [1.29, 1.82) is 0 Å². The van der Waals surface area contributed by atoms with Gasteiger partial charge in [-0.2, -0.15) is 0 Å². The van der Waals surface area contributed by atoms with Crippen LogP contribution < -0.4 is 0 Å². The summed E-state index contributed by atoms with van der Waals surface area (Å²) in [5.41, 5.74) is 2.37. The van der Waals surface area contributed by atoms with Gasteiger partial charge in [-0.25, -0.2) is 4.98 Å². The molecule has 2 nitrogen and oxygen atoms in total. The van der Waals surface area contributed by atoms with Crippen LogP contribution in [0.5, 0.6) is 0 Å². The van der Waals surface area contributed by atoms with Gasteiger partial charge in [-0.15, -0.1) is 11.8 Å². The van der Waals surface area contributed by atoms with Crippen LogP contribution in [0.1, 0.15) is 77.0 Å². The van der Waals surface area contributed by atoms with Gasteiger partial charge in [-0.1, -0.05) is 88.4 Å². The Morgan fingerprint density at radius 1 is 0.800 bits per heavy atom. The van der Waals surface area contributed by atoms with Gasteiger partial charge >= 0.3 is 0 Å². The molecule has 1 aromatic heterocycles. The number of rotatable bonds is 14. The fourth-order valence-electron chi connectivity index (χ4n) is 3.92. The lowest BCUT2D eigenvalue weighted by atomic mass is 10.1. The summed E-state index contributed by atoms with van der Waals surface area (Å²) in [4.78, 5) is 6.16. The third-order valence-electron chi connectivity index (χ3n) is 5.65. The van der Waals surface area contributed by atoms with Crippen LogP contribution >= 0.6 is 23.4 Å². The Morgan fingerprint density at radius 3 is 2.13 bits per heavy atom. The normalized spacial score (nSPS) is 11.4. The first-order valence-corrected chi connectivity index (χ1v) is 13.0. The van der Waals surface area contributed by atoms with Gasteiger partial charge in [0.1, 0.15) is 5.82 Å². The quantitative estimate of drug-likeness (QED) is 0.183. The number of aryl methyl sites for hydroxylation is 1. The molecule has 4 heteroatoms. The van der Waals surface area contributed by atoms with E-state index < -0.39 is 0 Å². The van der Waals surface area contributed by atoms with Crippen LogP contribution in [0.25, 0.3) is 11.0 Å². The first-order valence-electron chi connectivity index (χ1n) is 11.6. The molecule has 3 rings (SSSR count). The van der Waals surface area contributed by atoms with Gasteiger partial charge in [0.15, 0.2) is 0 Å². The first-order chi connectivity index (χ1) is 14.8. The number of hydrogen-bond acceptors (Lipinski definition) is 2. The third-order valence-corrected chi connectivity index (χ3v) is 6.91. The minimum absolute atomic E-state index is 0.785. The van der Waals surface area contributed by atoms with Crippen molar-refractivity contribution in [2.45, 2.75) is 88.3 Å². The van der Waals surface area contributed by atoms with E-state index >= 15 is 0 Å². The van der Waals surface area contributed by atoms with Crippen LogP contribution in [0.15, 0.2) is 53.4 Å². The van der Waals surface area contributed by atoms with E-state index in [1.54, 1.807) is 0 Å². The summed E-state index contributed by atoms with van der Waals surface area (Å²) in [5, 5.41) is 0.785. The molecule has 0 aliphatic rings. The molecule has 0 radical (unpaired) electrons. The van der Waals surface area contributed by atoms with E-state index in [9.17, 15) is 0 Å². The van der Waals surface area contributed by atoms with Crippen LogP contribution in [0.3, 0.4) is 0 Å². The number of fused-ring (bicyclic) bond motifs is 1. The monoisotopic (exact) mass is 442 g/mol. The van der Waals surface area contributed by atoms with E-state index in [0.29, 0.717) is 0 Å². The Hall–Kier alpha value is -1.45. The van der Waals surface area contributed by atoms with Crippen molar-refractivity contribution in [2.75, 3.05) is 0 Å². The Bertz CT molecular complexity index is 872. The average Bonchev–Trinajstić information content (AvgIpc) is 3.12. The summed E-state index contributed by atoms with van der Waals surface area (Å²) in [6, 6.07) is 16.6. The maximum atomic E-state index is 6.01. The Balaban J connectivity index is 1.48. The maximum Gasteiger partial charge on any atom is 0.120 e. The third kappa shape index (κ3) is 7.35. The zero-order valence-electron chi connectivity index (χ0n) is 18.3. The van der Waals surface area contributed by atoms with Crippen LogP contribution in [0.4, 0.5) is 0 Å². The van der Waals surface area contributed by atoms with Gasteiger partial charge in [-0.05, 0) is 42.8 Å². The highest BCUT2D eigenvalue weighted by atomic mass is 35.5. The van der Waals surface area contributed by atoms with E-state index in [-0.39, 0.29) is 0 Å². The number of halogens is 1. The number of para-hydroxylation sites is 2. The lowest BCUT2D eigenvalue weighted by molar-refractivity contribution is 0.534. The second kappa shape index (κ2) is 13.1. The fourth-order valence-corrected chi connectivity index (χ4v) is 4.89. The zero-order chi connectivity index (χ0) is 21.0. The smallest absolute Gasteiger partial charge is 0.120 e. The highest BCUT2D eigenvalue weighted by Crippen LogP contribution is 2.26. The van der Waals surface area contributed by atoms with Crippen LogP contribution in [0.2, 0.25) is 5.02 Å². The molecular formula is C26H35ClN2S. The van der Waals surface area contributed by atoms with Gasteiger partial charge in [0.2, 0.25) is 0 Å². The van der Waals surface area contributed by atoms with Crippen molar-refractivity contribution in [3.05, 3.63) is 59.4 Å². The van der Waals surface area contributed by atoms with Crippen LogP contribution in [-0.4, -0.2) is 9.55 Å². The largest absolute Gasteiger partial charge is 0.327 e. The second-order valence-electron chi connectivity index (χ2n) is 8.09. The van der Waals surface area contributed by atoms with Crippen LogP contribution in [-0.2, 0) is 12.3 Å². The molecule has 0 saturated carbocycles. The molecule has 0 spiro atoms. The average molecular weight is 443 g/mol. The zero-order valence-corrected chi connectivity index (χ0v) is 19.9. The summed E-state index contributed by atoms with van der Waals surface area (Å²) in [6.07, 6.45) is 13.7. The van der Waals surface area contributed by atoms with Crippen molar-refractivity contribution in [3.63, 3.8) is 0 Å². The number of nitrogens with zero attached hydrogens (tertiary/aromatic N) is 2. The molecule has 0 bridgehead atoms. The number of unbranched alkanes of at least 4 members (excludes halogenated alkanes) is 9. The SMILES string of the molecule is CCCCCCCCCCCCn1c(CSc2ccc(Cl)cc2)nc2ccccc21. The number of imidazole rings is 1. The minimum Gasteiger partial charge on any atom is -0.327 e. The summed E-state index contributed by atoms with van der Waals surface area (Å²) >= 11 is 7.84. The molecule has 1 heterocycles. The Kier molecular flexibility index (Phi) is 10.1.